The SMILES string of the molecule is O=C1Nc2ccccc2/C1=N/N=Cc1c(Sc2nnnn2-c2ccccc2)nc2ccccn2c1=O. The van der Waals surface area contributed by atoms with Crippen LogP contribution in [0.25, 0.3) is 11.3 Å². The molecule has 1 aliphatic heterocycles. The zero-order chi connectivity index (χ0) is 24.5. The monoisotopic (exact) mass is 493 g/mol. The van der Waals surface area contributed by atoms with Gasteiger partial charge < -0.3 is 5.32 Å². The van der Waals surface area contributed by atoms with Gasteiger partial charge in [0.05, 0.1) is 23.2 Å². The van der Waals surface area contributed by atoms with Gasteiger partial charge in [-0.25, -0.2) is 4.98 Å². The van der Waals surface area contributed by atoms with Crippen molar-refractivity contribution in [1.82, 2.24) is 29.6 Å². The average Bonchev–Trinajstić information content (AvgIpc) is 3.50. The summed E-state index contributed by atoms with van der Waals surface area (Å²) in [5.74, 6) is -0.363. The van der Waals surface area contributed by atoms with Crippen LogP contribution in [0.5, 0.6) is 0 Å². The number of nitrogens with zero attached hydrogens (tertiary/aromatic N) is 8. The molecule has 4 heterocycles. The first-order valence-corrected chi connectivity index (χ1v) is 11.6. The summed E-state index contributed by atoms with van der Waals surface area (Å²) in [6.45, 7) is 0. The lowest BCUT2D eigenvalue weighted by molar-refractivity contribution is -0.110. The highest BCUT2D eigenvalue weighted by Crippen LogP contribution is 2.27. The molecule has 0 atom stereocenters. The molecule has 1 N–H and O–H groups in total. The van der Waals surface area contributed by atoms with E-state index in [4.69, 9.17) is 0 Å². The number of pyridine rings is 1. The highest BCUT2D eigenvalue weighted by Gasteiger charge is 2.25. The normalized spacial score (nSPS) is 14.0. The molecule has 6 rings (SSSR count). The molecule has 3 aromatic heterocycles. The number of amides is 1. The fraction of sp³-hybridized carbons (Fsp3) is 0. The van der Waals surface area contributed by atoms with E-state index in [0.29, 0.717) is 27.1 Å². The van der Waals surface area contributed by atoms with Crippen molar-refractivity contribution in [3.63, 3.8) is 0 Å². The molecule has 1 aliphatic rings. The Bertz CT molecular complexity index is 1740. The van der Waals surface area contributed by atoms with E-state index in [1.165, 1.54) is 10.6 Å². The van der Waals surface area contributed by atoms with Crippen LogP contribution in [-0.2, 0) is 4.79 Å². The van der Waals surface area contributed by atoms with Crippen molar-refractivity contribution < 1.29 is 4.79 Å². The van der Waals surface area contributed by atoms with E-state index in [2.05, 4.69) is 36.0 Å². The van der Waals surface area contributed by atoms with Gasteiger partial charge in [-0.05, 0) is 52.5 Å². The number of tetrazole rings is 1. The fourth-order valence-electron chi connectivity index (χ4n) is 3.68. The van der Waals surface area contributed by atoms with E-state index in [9.17, 15) is 9.59 Å². The second-order valence-corrected chi connectivity index (χ2v) is 8.52. The van der Waals surface area contributed by atoms with Crippen LogP contribution in [0.4, 0.5) is 5.69 Å². The second kappa shape index (κ2) is 9.00. The van der Waals surface area contributed by atoms with Gasteiger partial charge in [-0.3, -0.25) is 14.0 Å². The Hall–Kier alpha value is -4.97. The number of rotatable bonds is 5. The van der Waals surface area contributed by atoms with Crippen LogP contribution in [0.2, 0.25) is 0 Å². The molecular weight excluding hydrogens is 478 g/mol. The van der Waals surface area contributed by atoms with Gasteiger partial charge in [0.25, 0.3) is 11.5 Å². The van der Waals surface area contributed by atoms with Crippen molar-refractivity contribution in [2.75, 3.05) is 5.32 Å². The summed E-state index contributed by atoms with van der Waals surface area (Å²) in [7, 11) is 0. The number of carbonyl (C=O) groups excluding carboxylic acids is 1. The van der Waals surface area contributed by atoms with Gasteiger partial charge >= 0.3 is 0 Å². The first-order valence-electron chi connectivity index (χ1n) is 10.7. The van der Waals surface area contributed by atoms with Crippen LogP contribution >= 0.6 is 11.8 Å². The fourth-order valence-corrected chi connectivity index (χ4v) is 4.54. The Morgan fingerprint density at radius 1 is 0.944 bits per heavy atom. The maximum Gasteiger partial charge on any atom is 0.276 e. The summed E-state index contributed by atoms with van der Waals surface area (Å²) in [4.78, 5) is 30.3. The van der Waals surface area contributed by atoms with Crippen molar-refractivity contribution in [2.45, 2.75) is 10.2 Å². The summed E-state index contributed by atoms with van der Waals surface area (Å²) < 4.78 is 2.97. The third kappa shape index (κ3) is 3.84. The van der Waals surface area contributed by atoms with E-state index in [-0.39, 0.29) is 22.7 Å². The van der Waals surface area contributed by atoms with E-state index >= 15 is 0 Å². The minimum Gasteiger partial charge on any atom is -0.320 e. The average molecular weight is 494 g/mol. The number of benzene rings is 2. The molecule has 174 valence electrons. The number of nitrogens with one attached hydrogen (secondary N) is 1. The standard InChI is InChI=1S/C24H15N9O2S/c34-21-20(16-10-4-5-11-18(16)26-21)28-25-14-17-22(27-19-12-6-7-13-32(19)23(17)35)36-24-29-30-31-33(24)15-8-2-1-3-9-15/h1-14H,(H,26,28,34). The molecule has 5 aromatic rings. The first kappa shape index (κ1) is 21.6. The molecule has 36 heavy (non-hydrogen) atoms. The number of fused-ring (bicyclic) bond motifs is 2. The summed E-state index contributed by atoms with van der Waals surface area (Å²) in [6, 6.07) is 21.8. The molecule has 0 bridgehead atoms. The maximum atomic E-state index is 13.4. The van der Waals surface area contributed by atoms with Crippen LogP contribution in [0, 0.1) is 0 Å². The largest absolute Gasteiger partial charge is 0.320 e. The van der Waals surface area contributed by atoms with Gasteiger partial charge in [0.2, 0.25) is 5.16 Å². The highest BCUT2D eigenvalue weighted by molar-refractivity contribution is 7.99. The quantitative estimate of drug-likeness (QED) is 0.226. The summed E-state index contributed by atoms with van der Waals surface area (Å²) in [5.41, 5.74) is 2.52. The first-order chi connectivity index (χ1) is 17.7. The molecule has 12 heteroatoms. The van der Waals surface area contributed by atoms with Crippen LogP contribution < -0.4 is 10.9 Å². The van der Waals surface area contributed by atoms with E-state index in [1.54, 1.807) is 41.2 Å². The Morgan fingerprint density at radius 2 is 1.75 bits per heavy atom. The zero-order valence-electron chi connectivity index (χ0n) is 18.4. The molecule has 0 saturated carbocycles. The van der Waals surface area contributed by atoms with E-state index < -0.39 is 0 Å². The number of hydrogen-bond acceptors (Lipinski definition) is 9. The molecule has 0 aliphatic carbocycles. The van der Waals surface area contributed by atoms with Gasteiger partial charge in [-0.15, -0.1) is 10.2 Å². The zero-order valence-corrected chi connectivity index (χ0v) is 19.2. The maximum absolute atomic E-state index is 13.4. The molecule has 0 spiro atoms. The molecule has 0 unspecified atom stereocenters. The number of aromatic nitrogens is 6. The Balaban J connectivity index is 1.43. The molecule has 1 amide bonds. The lowest BCUT2D eigenvalue weighted by Crippen LogP contribution is -2.21. The number of para-hydroxylation sites is 2. The number of anilines is 1. The predicted molar refractivity (Wildman–Crippen MR) is 134 cm³/mol. The van der Waals surface area contributed by atoms with E-state index in [1.807, 2.05) is 42.5 Å². The summed E-state index contributed by atoms with van der Waals surface area (Å²) in [6.07, 6.45) is 2.92. The van der Waals surface area contributed by atoms with Gasteiger partial charge in [0.1, 0.15) is 10.7 Å². The molecule has 0 saturated heterocycles. The minimum atomic E-state index is -0.363. The third-order valence-electron chi connectivity index (χ3n) is 5.35. The molecular formula is C24H15N9O2S. The van der Waals surface area contributed by atoms with Crippen molar-refractivity contribution in [2.24, 2.45) is 10.2 Å². The lowest BCUT2D eigenvalue weighted by Gasteiger charge is -2.07. The van der Waals surface area contributed by atoms with Crippen LogP contribution in [0.15, 0.2) is 104 Å². The number of hydrogen-bond donors (Lipinski definition) is 1. The second-order valence-electron chi connectivity index (χ2n) is 7.57. The van der Waals surface area contributed by atoms with Gasteiger partial charge in [0, 0.05) is 11.8 Å². The number of carbonyl (C=O) groups is 1. The molecule has 2 aromatic carbocycles. The summed E-state index contributed by atoms with van der Waals surface area (Å²) in [5, 5.41) is 23.7. The molecule has 0 radical (unpaired) electrons. The van der Waals surface area contributed by atoms with Gasteiger partial charge in [0.15, 0.2) is 5.71 Å². The van der Waals surface area contributed by atoms with Crippen LogP contribution in [-0.4, -0.2) is 47.4 Å². The third-order valence-corrected chi connectivity index (χ3v) is 6.30. The topological polar surface area (TPSA) is 132 Å². The minimum absolute atomic E-state index is 0.165. The summed E-state index contributed by atoms with van der Waals surface area (Å²) >= 11 is 1.13. The van der Waals surface area contributed by atoms with Gasteiger partial charge in [-0.2, -0.15) is 9.78 Å². The highest BCUT2D eigenvalue weighted by atomic mass is 32.2. The van der Waals surface area contributed by atoms with Crippen LogP contribution in [0.3, 0.4) is 0 Å². The Morgan fingerprint density at radius 3 is 2.64 bits per heavy atom. The van der Waals surface area contributed by atoms with Gasteiger partial charge in [-0.1, -0.05) is 42.5 Å². The van der Waals surface area contributed by atoms with Crippen LogP contribution in [0.1, 0.15) is 11.1 Å². The Labute approximate surface area is 207 Å². The predicted octanol–water partition coefficient (Wildman–Crippen LogP) is 2.60. The van der Waals surface area contributed by atoms with E-state index in [0.717, 1.165) is 17.4 Å². The molecule has 0 fully saturated rings. The molecule has 11 nitrogen and oxygen atoms in total. The lowest BCUT2D eigenvalue weighted by atomic mass is 10.1. The Kier molecular flexibility index (Phi) is 5.39. The van der Waals surface area contributed by atoms with Crippen molar-refractivity contribution in [3.05, 3.63) is 100 Å². The van der Waals surface area contributed by atoms with Crippen molar-refractivity contribution in [1.29, 1.82) is 0 Å². The smallest absolute Gasteiger partial charge is 0.276 e. The van der Waals surface area contributed by atoms with Crippen molar-refractivity contribution in [3.8, 4) is 5.69 Å². The van der Waals surface area contributed by atoms with Crippen molar-refractivity contribution >= 4 is 40.9 Å².